The first-order valence-corrected chi connectivity index (χ1v) is 9.27. The fourth-order valence-electron chi connectivity index (χ4n) is 3.76. The number of benzene rings is 2. The van der Waals surface area contributed by atoms with Gasteiger partial charge in [0.2, 0.25) is 5.95 Å². The van der Waals surface area contributed by atoms with Crippen LogP contribution in [0.5, 0.6) is 0 Å². The second kappa shape index (κ2) is 6.09. The molecule has 3 heterocycles. The smallest absolute Gasteiger partial charge is 0.213 e. The van der Waals surface area contributed by atoms with Crippen LogP contribution in [0.25, 0.3) is 27.9 Å². The highest BCUT2D eigenvalue weighted by Gasteiger charge is 2.21. The Morgan fingerprint density at radius 2 is 1.62 bits per heavy atom. The van der Waals surface area contributed by atoms with E-state index in [9.17, 15) is 0 Å². The Balaban J connectivity index is 1.81. The van der Waals surface area contributed by atoms with Gasteiger partial charge in [0.05, 0.1) is 5.52 Å². The molecular formula is C21H21N5. The molecule has 0 radical (unpaired) electrons. The standard InChI is InChI=1S/C21H21N5/c1-15-9-11-16(12-10-15)19-23-24-20-17-7-3-4-8-18(17)22-21(26(19)20)25-13-5-2-6-14-25/h3-4,7-12H,2,5-6,13-14H2,1H3. The van der Waals surface area contributed by atoms with Crippen LogP contribution < -0.4 is 4.90 Å². The van der Waals surface area contributed by atoms with Gasteiger partial charge in [-0.25, -0.2) is 9.38 Å². The van der Waals surface area contributed by atoms with E-state index in [-0.39, 0.29) is 0 Å². The Morgan fingerprint density at radius 1 is 0.846 bits per heavy atom. The van der Waals surface area contributed by atoms with Crippen molar-refractivity contribution in [3.63, 3.8) is 0 Å². The number of para-hydroxylation sites is 1. The third-order valence-corrected chi connectivity index (χ3v) is 5.18. The molecule has 0 unspecified atom stereocenters. The maximum absolute atomic E-state index is 5.01. The molecule has 2 aromatic carbocycles. The van der Waals surface area contributed by atoms with Gasteiger partial charge in [0.15, 0.2) is 11.5 Å². The van der Waals surface area contributed by atoms with Gasteiger partial charge in [0.25, 0.3) is 0 Å². The molecule has 0 N–H and O–H groups in total. The fraction of sp³-hybridized carbons (Fsp3) is 0.286. The van der Waals surface area contributed by atoms with Crippen molar-refractivity contribution in [1.82, 2.24) is 19.6 Å². The number of rotatable bonds is 2. The summed E-state index contributed by atoms with van der Waals surface area (Å²) in [5, 5.41) is 10.1. The van der Waals surface area contributed by atoms with Gasteiger partial charge in [0.1, 0.15) is 0 Å². The number of fused-ring (bicyclic) bond motifs is 3. The number of hydrogen-bond donors (Lipinski definition) is 0. The van der Waals surface area contributed by atoms with Gasteiger partial charge in [-0.15, -0.1) is 10.2 Å². The molecule has 1 aliphatic rings. The summed E-state index contributed by atoms with van der Waals surface area (Å²) in [7, 11) is 0. The first-order chi connectivity index (χ1) is 12.8. The fourth-order valence-corrected chi connectivity index (χ4v) is 3.76. The van der Waals surface area contributed by atoms with Gasteiger partial charge < -0.3 is 4.90 Å². The third kappa shape index (κ3) is 2.43. The van der Waals surface area contributed by atoms with Crippen molar-refractivity contribution in [2.75, 3.05) is 18.0 Å². The van der Waals surface area contributed by atoms with E-state index in [1.54, 1.807) is 0 Å². The first-order valence-electron chi connectivity index (χ1n) is 9.27. The van der Waals surface area contributed by atoms with Crippen molar-refractivity contribution in [1.29, 1.82) is 0 Å². The van der Waals surface area contributed by atoms with Crippen LogP contribution in [0.15, 0.2) is 48.5 Å². The molecule has 5 nitrogen and oxygen atoms in total. The summed E-state index contributed by atoms with van der Waals surface area (Å²) >= 11 is 0. The number of aromatic nitrogens is 4. The normalized spacial score (nSPS) is 15.0. The highest BCUT2D eigenvalue weighted by Crippen LogP contribution is 2.29. The summed E-state index contributed by atoms with van der Waals surface area (Å²) in [6.45, 7) is 4.16. The molecule has 1 fully saturated rings. The minimum atomic E-state index is 0.860. The number of hydrogen-bond acceptors (Lipinski definition) is 4. The predicted octanol–water partition coefficient (Wildman–Crippen LogP) is 4.24. The monoisotopic (exact) mass is 343 g/mol. The molecule has 130 valence electrons. The first kappa shape index (κ1) is 15.3. The molecule has 0 spiro atoms. The molecule has 0 aliphatic carbocycles. The lowest BCUT2D eigenvalue weighted by Crippen LogP contribution is -2.32. The van der Waals surface area contributed by atoms with Crippen molar-refractivity contribution in [3.8, 4) is 11.4 Å². The van der Waals surface area contributed by atoms with E-state index < -0.39 is 0 Å². The van der Waals surface area contributed by atoms with Gasteiger partial charge in [-0.2, -0.15) is 0 Å². The molecule has 4 aromatic rings. The largest absolute Gasteiger partial charge is 0.342 e. The molecule has 5 rings (SSSR count). The minimum Gasteiger partial charge on any atom is -0.342 e. The molecule has 0 amide bonds. The van der Waals surface area contributed by atoms with E-state index in [4.69, 9.17) is 4.98 Å². The summed E-state index contributed by atoms with van der Waals surface area (Å²) < 4.78 is 2.14. The minimum absolute atomic E-state index is 0.860. The van der Waals surface area contributed by atoms with Crippen molar-refractivity contribution in [2.45, 2.75) is 26.2 Å². The number of anilines is 1. The topological polar surface area (TPSA) is 46.3 Å². The number of nitrogens with zero attached hydrogens (tertiary/aromatic N) is 5. The summed E-state index contributed by atoms with van der Waals surface area (Å²) in [6, 6.07) is 16.7. The van der Waals surface area contributed by atoms with Crippen LogP contribution in [0.2, 0.25) is 0 Å². The summed E-state index contributed by atoms with van der Waals surface area (Å²) in [4.78, 5) is 7.39. The maximum atomic E-state index is 5.01. The van der Waals surface area contributed by atoms with Crippen LogP contribution in [-0.2, 0) is 0 Å². The van der Waals surface area contributed by atoms with E-state index in [0.29, 0.717) is 0 Å². The zero-order valence-electron chi connectivity index (χ0n) is 14.9. The van der Waals surface area contributed by atoms with Crippen molar-refractivity contribution in [2.24, 2.45) is 0 Å². The van der Waals surface area contributed by atoms with Crippen LogP contribution in [-0.4, -0.2) is 32.7 Å². The maximum Gasteiger partial charge on any atom is 0.213 e. The molecule has 0 bridgehead atoms. The summed E-state index contributed by atoms with van der Waals surface area (Å²) in [5.74, 6) is 1.82. The molecule has 1 aliphatic heterocycles. The molecule has 0 saturated carbocycles. The van der Waals surface area contributed by atoms with Crippen LogP contribution in [0.1, 0.15) is 24.8 Å². The summed E-state index contributed by atoms with van der Waals surface area (Å²) in [6.07, 6.45) is 3.70. The summed E-state index contributed by atoms with van der Waals surface area (Å²) in [5.41, 5.74) is 4.16. The predicted molar refractivity (Wildman–Crippen MR) is 105 cm³/mol. The van der Waals surface area contributed by atoms with E-state index in [2.05, 4.69) is 62.8 Å². The number of aryl methyl sites for hydroxylation is 1. The van der Waals surface area contributed by atoms with Crippen LogP contribution in [0.3, 0.4) is 0 Å². The lowest BCUT2D eigenvalue weighted by atomic mass is 10.1. The number of piperidine rings is 1. The lowest BCUT2D eigenvalue weighted by molar-refractivity contribution is 0.567. The van der Waals surface area contributed by atoms with Gasteiger partial charge in [-0.1, -0.05) is 42.0 Å². The third-order valence-electron chi connectivity index (χ3n) is 5.18. The Morgan fingerprint density at radius 3 is 2.42 bits per heavy atom. The molecule has 5 heteroatoms. The lowest BCUT2D eigenvalue weighted by Gasteiger charge is -2.28. The van der Waals surface area contributed by atoms with E-state index in [1.807, 2.05) is 12.1 Å². The second-order valence-electron chi connectivity index (χ2n) is 7.03. The zero-order chi connectivity index (χ0) is 17.5. The van der Waals surface area contributed by atoms with Crippen molar-refractivity contribution < 1.29 is 0 Å². The molecule has 1 saturated heterocycles. The van der Waals surface area contributed by atoms with Gasteiger partial charge in [-0.05, 0) is 38.3 Å². The van der Waals surface area contributed by atoms with Crippen molar-refractivity contribution in [3.05, 3.63) is 54.1 Å². The van der Waals surface area contributed by atoms with Gasteiger partial charge in [0, 0.05) is 24.0 Å². The zero-order valence-corrected chi connectivity index (χ0v) is 14.9. The van der Waals surface area contributed by atoms with Gasteiger partial charge >= 0.3 is 0 Å². The Kier molecular flexibility index (Phi) is 3.59. The molecule has 2 aromatic heterocycles. The average Bonchev–Trinajstić information content (AvgIpc) is 3.14. The molecular weight excluding hydrogens is 322 g/mol. The highest BCUT2D eigenvalue weighted by atomic mass is 15.4. The van der Waals surface area contributed by atoms with E-state index in [1.165, 1.54) is 24.8 Å². The van der Waals surface area contributed by atoms with Crippen molar-refractivity contribution >= 4 is 22.5 Å². The van der Waals surface area contributed by atoms with E-state index in [0.717, 1.165) is 47.0 Å². The Hall–Kier alpha value is -2.95. The van der Waals surface area contributed by atoms with Crippen LogP contribution in [0.4, 0.5) is 5.95 Å². The average molecular weight is 343 g/mol. The highest BCUT2D eigenvalue weighted by molar-refractivity contribution is 5.93. The van der Waals surface area contributed by atoms with Crippen LogP contribution in [0, 0.1) is 6.92 Å². The Labute approximate surface area is 152 Å². The quantitative estimate of drug-likeness (QED) is 0.546. The molecule has 0 atom stereocenters. The van der Waals surface area contributed by atoms with Gasteiger partial charge in [-0.3, -0.25) is 0 Å². The molecule has 26 heavy (non-hydrogen) atoms. The second-order valence-corrected chi connectivity index (χ2v) is 7.03. The SMILES string of the molecule is Cc1ccc(-c2nnc3c4ccccc4nc(N4CCCCC4)n23)cc1. The van der Waals surface area contributed by atoms with E-state index >= 15 is 0 Å². The van der Waals surface area contributed by atoms with Crippen LogP contribution >= 0.6 is 0 Å². The Bertz CT molecular complexity index is 1070.